The quantitative estimate of drug-likeness (QED) is 0.780. The van der Waals surface area contributed by atoms with E-state index in [1.54, 1.807) is 4.90 Å². The van der Waals surface area contributed by atoms with Crippen molar-refractivity contribution in [1.82, 2.24) is 10.2 Å². The lowest BCUT2D eigenvalue weighted by molar-refractivity contribution is -0.140. The molecule has 2 rings (SSSR count). The molecule has 3 N–H and O–H groups in total. The standard InChI is InChI=1S/C14H25N3O3.ClH/c1-2-12(14(19)17-5-7-20-8-6-17)16-13(18)10-3-4-11(15)9-10;/h10-12H,2-9,15H2,1H3,(H,16,18);1H. The van der Waals surface area contributed by atoms with Gasteiger partial charge in [0.05, 0.1) is 13.2 Å². The average molecular weight is 320 g/mol. The summed E-state index contributed by atoms with van der Waals surface area (Å²) in [5, 5.41) is 2.90. The van der Waals surface area contributed by atoms with Crippen LogP contribution in [0.3, 0.4) is 0 Å². The number of rotatable bonds is 4. The maximum Gasteiger partial charge on any atom is 0.245 e. The van der Waals surface area contributed by atoms with Gasteiger partial charge in [-0.05, 0) is 25.7 Å². The molecule has 0 aromatic heterocycles. The maximum absolute atomic E-state index is 12.4. The Morgan fingerprint density at radius 2 is 2.00 bits per heavy atom. The molecule has 1 aliphatic carbocycles. The fourth-order valence-electron chi connectivity index (χ4n) is 2.89. The summed E-state index contributed by atoms with van der Waals surface area (Å²) in [7, 11) is 0. The number of nitrogens with one attached hydrogen (secondary N) is 1. The summed E-state index contributed by atoms with van der Waals surface area (Å²) in [5.74, 6) is -0.0469. The molecule has 21 heavy (non-hydrogen) atoms. The lowest BCUT2D eigenvalue weighted by atomic mass is 10.1. The first kappa shape index (κ1) is 18.2. The van der Waals surface area contributed by atoms with Gasteiger partial charge in [-0.2, -0.15) is 0 Å². The number of hydrogen-bond acceptors (Lipinski definition) is 4. The molecular formula is C14H26ClN3O3. The zero-order chi connectivity index (χ0) is 14.5. The Morgan fingerprint density at radius 1 is 1.33 bits per heavy atom. The molecule has 2 amide bonds. The maximum atomic E-state index is 12.4. The number of carbonyl (C=O) groups excluding carboxylic acids is 2. The number of morpholine rings is 1. The van der Waals surface area contributed by atoms with Crippen molar-refractivity contribution in [2.45, 2.75) is 44.7 Å². The van der Waals surface area contributed by atoms with Crippen LogP contribution >= 0.6 is 12.4 Å². The Labute approximate surface area is 132 Å². The van der Waals surface area contributed by atoms with Crippen LogP contribution in [-0.2, 0) is 14.3 Å². The van der Waals surface area contributed by atoms with Crippen molar-refractivity contribution in [1.29, 1.82) is 0 Å². The Bertz CT molecular complexity index is 361. The van der Waals surface area contributed by atoms with Crippen LogP contribution in [0.25, 0.3) is 0 Å². The molecule has 1 saturated carbocycles. The molecular weight excluding hydrogens is 294 g/mol. The highest BCUT2D eigenvalue weighted by atomic mass is 35.5. The largest absolute Gasteiger partial charge is 0.378 e. The van der Waals surface area contributed by atoms with Crippen molar-refractivity contribution in [3.05, 3.63) is 0 Å². The van der Waals surface area contributed by atoms with Crippen LogP contribution in [0, 0.1) is 5.92 Å². The van der Waals surface area contributed by atoms with Gasteiger partial charge in [0.1, 0.15) is 6.04 Å². The van der Waals surface area contributed by atoms with E-state index in [1.807, 2.05) is 6.92 Å². The molecule has 6 nitrogen and oxygen atoms in total. The molecule has 3 atom stereocenters. The van der Waals surface area contributed by atoms with E-state index >= 15 is 0 Å². The smallest absolute Gasteiger partial charge is 0.245 e. The first-order valence-electron chi connectivity index (χ1n) is 7.54. The monoisotopic (exact) mass is 319 g/mol. The van der Waals surface area contributed by atoms with Crippen LogP contribution in [0.2, 0.25) is 0 Å². The minimum Gasteiger partial charge on any atom is -0.378 e. The summed E-state index contributed by atoms with van der Waals surface area (Å²) < 4.78 is 5.24. The van der Waals surface area contributed by atoms with E-state index < -0.39 is 6.04 Å². The summed E-state index contributed by atoms with van der Waals surface area (Å²) in [4.78, 5) is 26.3. The van der Waals surface area contributed by atoms with E-state index in [0.717, 1.165) is 19.3 Å². The van der Waals surface area contributed by atoms with Crippen LogP contribution in [0.1, 0.15) is 32.6 Å². The van der Waals surface area contributed by atoms with E-state index in [-0.39, 0.29) is 36.2 Å². The number of nitrogens with zero attached hydrogens (tertiary/aromatic N) is 1. The molecule has 2 aliphatic rings. The van der Waals surface area contributed by atoms with Gasteiger partial charge in [0.15, 0.2) is 0 Å². The van der Waals surface area contributed by atoms with Crippen molar-refractivity contribution < 1.29 is 14.3 Å². The molecule has 0 radical (unpaired) electrons. The zero-order valence-electron chi connectivity index (χ0n) is 12.5. The SMILES string of the molecule is CCC(NC(=O)C1CCC(N)C1)C(=O)N1CCOCC1.Cl. The van der Waals surface area contributed by atoms with Crippen LogP contribution in [0.15, 0.2) is 0 Å². The number of ether oxygens (including phenoxy) is 1. The van der Waals surface area contributed by atoms with Crippen molar-refractivity contribution in [3.8, 4) is 0 Å². The third-order valence-corrected chi connectivity index (χ3v) is 4.19. The van der Waals surface area contributed by atoms with Crippen LogP contribution in [-0.4, -0.2) is 55.1 Å². The van der Waals surface area contributed by atoms with Gasteiger partial charge in [-0.3, -0.25) is 9.59 Å². The summed E-state index contributed by atoms with van der Waals surface area (Å²) in [6.45, 7) is 4.30. The second-order valence-electron chi connectivity index (χ2n) is 5.68. The molecule has 0 bridgehead atoms. The summed E-state index contributed by atoms with van der Waals surface area (Å²) in [6.07, 6.45) is 3.07. The lowest BCUT2D eigenvalue weighted by Crippen LogP contribution is -2.52. The van der Waals surface area contributed by atoms with Crippen molar-refractivity contribution in [2.75, 3.05) is 26.3 Å². The minimum absolute atomic E-state index is 0. The van der Waals surface area contributed by atoms with E-state index in [0.29, 0.717) is 32.7 Å². The van der Waals surface area contributed by atoms with Gasteiger partial charge in [-0.1, -0.05) is 6.92 Å². The van der Waals surface area contributed by atoms with Crippen molar-refractivity contribution in [2.24, 2.45) is 11.7 Å². The van der Waals surface area contributed by atoms with Crippen LogP contribution in [0.4, 0.5) is 0 Å². The molecule has 122 valence electrons. The molecule has 1 heterocycles. The summed E-state index contributed by atoms with van der Waals surface area (Å²) in [6, 6.07) is -0.293. The molecule has 1 saturated heterocycles. The minimum atomic E-state index is -0.419. The predicted molar refractivity (Wildman–Crippen MR) is 82.2 cm³/mol. The van der Waals surface area contributed by atoms with Gasteiger partial charge >= 0.3 is 0 Å². The topological polar surface area (TPSA) is 84.7 Å². The Balaban J connectivity index is 0.00000220. The van der Waals surface area contributed by atoms with E-state index in [9.17, 15) is 9.59 Å². The van der Waals surface area contributed by atoms with E-state index in [4.69, 9.17) is 10.5 Å². The Kier molecular flexibility index (Phi) is 7.42. The lowest BCUT2D eigenvalue weighted by Gasteiger charge is -2.30. The summed E-state index contributed by atoms with van der Waals surface area (Å²) in [5.41, 5.74) is 5.83. The van der Waals surface area contributed by atoms with Gasteiger partial charge in [0.25, 0.3) is 0 Å². The molecule has 0 aromatic carbocycles. The fraction of sp³-hybridized carbons (Fsp3) is 0.857. The predicted octanol–water partition coefficient (Wildman–Crippen LogP) is 0.289. The number of halogens is 1. The fourth-order valence-corrected chi connectivity index (χ4v) is 2.89. The highest BCUT2D eigenvalue weighted by Crippen LogP contribution is 2.24. The second-order valence-corrected chi connectivity index (χ2v) is 5.68. The van der Waals surface area contributed by atoms with Gasteiger partial charge in [-0.25, -0.2) is 0 Å². The molecule has 2 fully saturated rings. The molecule has 1 aliphatic heterocycles. The van der Waals surface area contributed by atoms with Gasteiger partial charge in [0.2, 0.25) is 11.8 Å². The highest BCUT2D eigenvalue weighted by molar-refractivity contribution is 5.88. The van der Waals surface area contributed by atoms with Crippen molar-refractivity contribution >= 4 is 24.2 Å². The third-order valence-electron chi connectivity index (χ3n) is 4.19. The van der Waals surface area contributed by atoms with Gasteiger partial charge < -0.3 is 20.7 Å². The second kappa shape index (κ2) is 8.56. The number of amides is 2. The molecule has 7 heteroatoms. The number of nitrogens with two attached hydrogens (primary N) is 1. The first-order valence-corrected chi connectivity index (χ1v) is 7.54. The van der Waals surface area contributed by atoms with Crippen LogP contribution < -0.4 is 11.1 Å². The Morgan fingerprint density at radius 3 is 2.52 bits per heavy atom. The van der Waals surface area contributed by atoms with E-state index in [1.165, 1.54) is 0 Å². The molecule has 0 spiro atoms. The average Bonchev–Trinajstić information content (AvgIpc) is 2.91. The van der Waals surface area contributed by atoms with Gasteiger partial charge in [-0.15, -0.1) is 12.4 Å². The highest BCUT2D eigenvalue weighted by Gasteiger charge is 2.31. The normalized spacial score (nSPS) is 26.9. The van der Waals surface area contributed by atoms with Crippen molar-refractivity contribution in [3.63, 3.8) is 0 Å². The zero-order valence-corrected chi connectivity index (χ0v) is 13.4. The number of hydrogen-bond donors (Lipinski definition) is 2. The van der Waals surface area contributed by atoms with Gasteiger partial charge in [0, 0.05) is 25.0 Å². The third kappa shape index (κ3) is 4.83. The molecule has 0 aromatic rings. The first-order chi connectivity index (χ1) is 9.61. The number of carbonyl (C=O) groups is 2. The molecule has 3 unspecified atom stereocenters. The summed E-state index contributed by atoms with van der Waals surface area (Å²) >= 11 is 0. The Hall–Kier alpha value is -0.850. The van der Waals surface area contributed by atoms with E-state index in [2.05, 4.69) is 5.32 Å². The van der Waals surface area contributed by atoms with Crippen LogP contribution in [0.5, 0.6) is 0 Å².